The number of benzene rings is 3. The monoisotopic (exact) mass is 582 g/mol. The number of aliphatic hydroxyl groups is 1. The molecule has 2 heterocycles. The second-order valence-electron chi connectivity index (χ2n) is 11.8. The van der Waals surface area contributed by atoms with Gasteiger partial charge in [0, 0.05) is 31.2 Å². The van der Waals surface area contributed by atoms with Gasteiger partial charge in [-0.2, -0.15) is 0 Å². The maximum atomic E-state index is 13.8. The van der Waals surface area contributed by atoms with Gasteiger partial charge >= 0.3 is 5.97 Å². The second-order valence-corrected chi connectivity index (χ2v) is 13.7. The number of aliphatic hydroxyl groups excluding tert-OH is 1. The zero-order chi connectivity index (χ0) is 30.0. The molecule has 1 aliphatic rings. The lowest BCUT2D eigenvalue weighted by atomic mass is 9.71. The Kier molecular flexibility index (Phi) is 8.01. The molecule has 1 N–H and O–H groups in total. The van der Waals surface area contributed by atoms with Crippen molar-refractivity contribution in [1.29, 1.82) is 0 Å². The van der Waals surface area contributed by atoms with Crippen LogP contribution in [-0.2, 0) is 38.0 Å². The van der Waals surface area contributed by atoms with Crippen LogP contribution in [0.5, 0.6) is 0 Å². The minimum absolute atomic E-state index is 0.0872. The van der Waals surface area contributed by atoms with E-state index in [1.807, 2.05) is 87.5 Å². The van der Waals surface area contributed by atoms with Crippen molar-refractivity contribution in [2.24, 2.45) is 5.41 Å². The number of nitrogens with zero attached hydrogens (tertiary/aromatic N) is 2. The Balaban J connectivity index is 1.59. The molecule has 1 aromatic heterocycles. The SMILES string of the molecule is CC(C)(C)C(C1=C(O)C(Cc2ccccc2)(Cc2ccccc2)OC1=O)c1cccc(CS(=O)(=O)c2ncccn2)c1. The Morgan fingerprint density at radius 3 is 1.90 bits per heavy atom. The van der Waals surface area contributed by atoms with Crippen molar-refractivity contribution >= 4 is 15.8 Å². The smallest absolute Gasteiger partial charge is 0.339 e. The molecule has 1 aliphatic heterocycles. The summed E-state index contributed by atoms with van der Waals surface area (Å²) in [5, 5.41) is 11.8. The maximum Gasteiger partial charge on any atom is 0.339 e. The number of hydrogen-bond donors (Lipinski definition) is 1. The normalized spacial score (nSPS) is 15.8. The molecule has 5 rings (SSSR count). The van der Waals surface area contributed by atoms with Crippen molar-refractivity contribution in [2.75, 3.05) is 0 Å². The third-order valence-corrected chi connectivity index (χ3v) is 8.96. The highest BCUT2D eigenvalue weighted by Crippen LogP contribution is 2.49. The number of hydrogen-bond acceptors (Lipinski definition) is 7. The molecule has 3 aromatic carbocycles. The van der Waals surface area contributed by atoms with Crippen LogP contribution in [0.4, 0.5) is 0 Å². The highest BCUT2D eigenvalue weighted by molar-refractivity contribution is 7.90. The fourth-order valence-corrected chi connectivity index (χ4v) is 6.91. The zero-order valence-electron chi connectivity index (χ0n) is 23.9. The number of cyclic esters (lactones) is 1. The van der Waals surface area contributed by atoms with Crippen molar-refractivity contribution in [2.45, 2.75) is 56.0 Å². The number of aromatic nitrogens is 2. The Morgan fingerprint density at radius 1 is 0.810 bits per heavy atom. The summed E-state index contributed by atoms with van der Waals surface area (Å²) in [6.07, 6.45) is 3.39. The van der Waals surface area contributed by atoms with Crippen LogP contribution < -0.4 is 0 Å². The van der Waals surface area contributed by atoms with Crippen LogP contribution >= 0.6 is 0 Å². The quantitative estimate of drug-likeness (QED) is 0.186. The van der Waals surface area contributed by atoms with E-state index in [9.17, 15) is 18.3 Å². The van der Waals surface area contributed by atoms with E-state index in [0.29, 0.717) is 24.0 Å². The Labute approximate surface area is 246 Å². The predicted octanol–water partition coefficient (Wildman–Crippen LogP) is 6.17. The summed E-state index contributed by atoms with van der Waals surface area (Å²) >= 11 is 0. The van der Waals surface area contributed by atoms with Gasteiger partial charge in [0.15, 0.2) is 5.60 Å². The van der Waals surface area contributed by atoms with E-state index in [0.717, 1.165) is 11.1 Å². The van der Waals surface area contributed by atoms with Gasteiger partial charge in [0.05, 0.1) is 11.3 Å². The molecule has 42 heavy (non-hydrogen) atoms. The summed E-state index contributed by atoms with van der Waals surface area (Å²) in [5.74, 6) is -1.54. The molecule has 0 saturated carbocycles. The van der Waals surface area contributed by atoms with Crippen LogP contribution in [0.3, 0.4) is 0 Å². The molecule has 0 saturated heterocycles. The van der Waals surface area contributed by atoms with Crippen LogP contribution in [0.2, 0.25) is 0 Å². The van der Waals surface area contributed by atoms with Crippen molar-refractivity contribution in [3.63, 3.8) is 0 Å². The minimum atomic E-state index is -3.79. The van der Waals surface area contributed by atoms with E-state index < -0.39 is 32.7 Å². The van der Waals surface area contributed by atoms with E-state index in [1.165, 1.54) is 12.4 Å². The van der Waals surface area contributed by atoms with Crippen LogP contribution in [0.15, 0.2) is 120 Å². The standard InChI is InChI=1S/C34H34N2O5S/c1-33(2,3)29(27-17-10-16-26(20-27)23-42(39,40)32-35-18-11-19-36-32)28-30(37)34(41-31(28)38,21-24-12-6-4-7-13-24)22-25-14-8-5-9-15-25/h4-20,29,37H,21-23H2,1-3H3. The van der Waals surface area contributed by atoms with Crippen molar-refractivity contribution < 1.29 is 23.1 Å². The lowest BCUT2D eigenvalue weighted by molar-refractivity contribution is -0.148. The van der Waals surface area contributed by atoms with E-state index in [2.05, 4.69) is 9.97 Å². The summed E-state index contributed by atoms with van der Waals surface area (Å²) in [6.45, 7) is 5.96. The summed E-state index contributed by atoms with van der Waals surface area (Å²) in [6, 6.07) is 28.0. The molecule has 1 unspecified atom stereocenters. The molecule has 0 spiro atoms. The van der Waals surface area contributed by atoms with Crippen LogP contribution in [0.25, 0.3) is 0 Å². The molecule has 0 amide bonds. The fourth-order valence-electron chi connectivity index (χ4n) is 5.72. The van der Waals surface area contributed by atoms with Gasteiger partial charge in [-0.25, -0.2) is 23.2 Å². The molecule has 4 aromatic rings. The molecule has 0 aliphatic carbocycles. The van der Waals surface area contributed by atoms with Crippen LogP contribution in [-0.4, -0.2) is 35.1 Å². The van der Waals surface area contributed by atoms with E-state index in [-0.39, 0.29) is 22.2 Å². The zero-order valence-corrected chi connectivity index (χ0v) is 24.7. The number of sulfone groups is 1. The molecule has 0 radical (unpaired) electrons. The Morgan fingerprint density at radius 2 is 1.36 bits per heavy atom. The van der Waals surface area contributed by atoms with Gasteiger partial charge in [0.2, 0.25) is 15.0 Å². The molecular weight excluding hydrogens is 548 g/mol. The molecule has 0 fully saturated rings. The molecule has 7 nitrogen and oxygen atoms in total. The number of carbonyl (C=O) groups is 1. The molecule has 1 atom stereocenters. The lowest BCUT2D eigenvalue weighted by Crippen LogP contribution is -2.37. The van der Waals surface area contributed by atoms with Gasteiger partial charge in [0.25, 0.3) is 0 Å². The largest absolute Gasteiger partial charge is 0.507 e. The highest BCUT2D eigenvalue weighted by Gasteiger charge is 2.52. The van der Waals surface area contributed by atoms with E-state index >= 15 is 0 Å². The van der Waals surface area contributed by atoms with Crippen LogP contribution in [0.1, 0.15) is 48.9 Å². The van der Waals surface area contributed by atoms with Crippen molar-refractivity contribution in [3.8, 4) is 0 Å². The summed E-state index contributed by atoms with van der Waals surface area (Å²) in [5.41, 5.74) is 1.47. The first kappa shape index (κ1) is 29.2. The van der Waals surface area contributed by atoms with Gasteiger partial charge in [-0.3, -0.25) is 0 Å². The summed E-state index contributed by atoms with van der Waals surface area (Å²) in [7, 11) is -3.79. The lowest BCUT2D eigenvalue weighted by Gasteiger charge is -2.32. The average molecular weight is 583 g/mol. The Hall–Kier alpha value is -4.30. The third kappa shape index (κ3) is 6.14. The summed E-state index contributed by atoms with van der Waals surface area (Å²) < 4.78 is 32.2. The third-order valence-electron chi connectivity index (χ3n) is 7.48. The number of ether oxygens (including phenoxy) is 1. The first-order chi connectivity index (χ1) is 20.0. The number of carbonyl (C=O) groups excluding carboxylic acids is 1. The number of rotatable bonds is 9. The van der Waals surface area contributed by atoms with E-state index in [4.69, 9.17) is 4.74 Å². The highest BCUT2D eigenvalue weighted by atomic mass is 32.2. The average Bonchev–Trinajstić information content (AvgIpc) is 3.18. The minimum Gasteiger partial charge on any atom is -0.507 e. The molecular formula is C34H34N2O5S. The Bertz CT molecular complexity index is 1660. The predicted molar refractivity (Wildman–Crippen MR) is 160 cm³/mol. The first-order valence-electron chi connectivity index (χ1n) is 13.8. The van der Waals surface area contributed by atoms with Crippen molar-refractivity contribution in [1.82, 2.24) is 9.97 Å². The maximum absolute atomic E-state index is 13.8. The first-order valence-corrected chi connectivity index (χ1v) is 15.5. The number of esters is 1. The van der Waals surface area contributed by atoms with Gasteiger partial charge < -0.3 is 9.84 Å². The van der Waals surface area contributed by atoms with Gasteiger partial charge in [-0.15, -0.1) is 0 Å². The summed E-state index contributed by atoms with van der Waals surface area (Å²) in [4.78, 5) is 21.6. The second kappa shape index (κ2) is 11.5. The van der Waals surface area contributed by atoms with Gasteiger partial charge in [-0.05, 0) is 33.7 Å². The topological polar surface area (TPSA) is 106 Å². The fraction of sp³-hybridized carbons (Fsp3) is 0.265. The van der Waals surface area contributed by atoms with Gasteiger partial charge in [-0.1, -0.05) is 106 Å². The molecule has 8 heteroatoms. The van der Waals surface area contributed by atoms with Crippen LogP contribution in [0, 0.1) is 5.41 Å². The van der Waals surface area contributed by atoms with E-state index in [1.54, 1.807) is 24.3 Å². The van der Waals surface area contributed by atoms with Crippen molar-refractivity contribution in [3.05, 3.63) is 137 Å². The molecule has 0 bridgehead atoms. The van der Waals surface area contributed by atoms with Gasteiger partial charge in [0.1, 0.15) is 5.76 Å². The molecule has 216 valence electrons.